The van der Waals surface area contributed by atoms with Gasteiger partial charge in [0.25, 0.3) is 0 Å². The number of ether oxygens (including phenoxy) is 1. The lowest BCUT2D eigenvalue weighted by Gasteiger charge is -2.06. The molecule has 0 unspecified atom stereocenters. The van der Waals surface area contributed by atoms with Gasteiger partial charge in [0.05, 0.1) is 5.02 Å². The summed E-state index contributed by atoms with van der Waals surface area (Å²) >= 11 is 5.66. The molecule has 0 aliphatic heterocycles. The Morgan fingerprint density at radius 3 is 2.88 bits per heavy atom. The van der Waals surface area contributed by atoms with E-state index in [9.17, 15) is 4.39 Å². The highest BCUT2D eigenvalue weighted by Gasteiger charge is 2.01. The summed E-state index contributed by atoms with van der Waals surface area (Å²) in [6.45, 7) is 0.359. The summed E-state index contributed by atoms with van der Waals surface area (Å²) in [6, 6.07) is 14.7. The van der Waals surface area contributed by atoms with Crippen molar-refractivity contribution in [1.82, 2.24) is 0 Å². The molecule has 0 spiro atoms. The van der Waals surface area contributed by atoms with E-state index in [0.717, 1.165) is 11.3 Å². The largest absolute Gasteiger partial charge is 0.489 e. The molecule has 0 fully saturated rings. The average Bonchev–Trinajstić information content (AvgIpc) is 2.32. The Labute approximate surface area is 98.4 Å². The summed E-state index contributed by atoms with van der Waals surface area (Å²) in [5.74, 6) is 0.307. The first-order valence-corrected chi connectivity index (χ1v) is 5.16. The quantitative estimate of drug-likeness (QED) is 0.785. The fraction of sp³-hybridized carbons (Fsp3) is 0.0769. The number of rotatable bonds is 3. The van der Waals surface area contributed by atoms with Gasteiger partial charge in [0.2, 0.25) is 0 Å². The van der Waals surface area contributed by atoms with E-state index in [0.29, 0.717) is 6.61 Å². The predicted octanol–water partition coefficient (Wildman–Crippen LogP) is 3.86. The molecule has 2 aromatic rings. The number of hydrogen-bond acceptors (Lipinski definition) is 1. The van der Waals surface area contributed by atoms with Crippen molar-refractivity contribution in [3.05, 3.63) is 64.9 Å². The second-order valence-corrected chi connectivity index (χ2v) is 3.68. The Bertz CT molecular complexity index is 471. The van der Waals surface area contributed by atoms with Gasteiger partial charge in [-0.2, -0.15) is 0 Å². The van der Waals surface area contributed by atoms with Crippen LogP contribution in [0.2, 0.25) is 5.02 Å². The van der Waals surface area contributed by atoms with Gasteiger partial charge in [-0.1, -0.05) is 29.8 Å². The van der Waals surface area contributed by atoms with Gasteiger partial charge >= 0.3 is 0 Å². The molecule has 2 rings (SSSR count). The minimum Gasteiger partial charge on any atom is -0.489 e. The summed E-state index contributed by atoms with van der Waals surface area (Å²) in [6.07, 6.45) is 0. The zero-order chi connectivity index (χ0) is 11.4. The average molecular weight is 236 g/mol. The van der Waals surface area contributed by atoms with Gasteiger partial charge in [0, 0.05) is 0 Å². The summed E-state index contributed by atoms with van der Waals surface area (Å²) in [7, 11) is 0. The first-order valence-electron chi connectivity index (χ1n) is 4.78. The molecule has 0 heterocycles. The Kier molecular flexibility index (Phi) is 3.42. The SMILES string of the molecule is Fc1ccc(COc2c[c]ccc2)cc1Cl. The highest BCUT2D eigenvalue weighted by molar-refractivity contribution is 6.30. The molecule has 81 valence electrons. The van der Waals surface area contributed by atoms with Gasteiger partial charge in [0.1, 0.15) is 18.2 Å². The minimum atomic E-state index is -0.418. The molecule has 0 aliphatic rings. The number of benzene rings is 2. The van der Waals surface area contributed by atoms with E-state index in [2.05, 4.69) is 6.07 Å². The lowest BCUT2D eigenvalue weighted by atomic mass is 10.2. The minimum absolute atomic E-state index is 0.112. The van der Waals surface area contributed by atoms with E-state index >= 15 is 0 Å². The van der Waals surface area contributed by atoms with Crippen LogP contribution >= 0.6 is 11.6 Å². The van der Waals surface area contributed by atoms with Crippen LogP contribution in [0.25, 0.3) is 0 Å². The zero-order valence-electron chi connectivity index (χ0n) is 8.41. The third-order valence-electron chi connectivity index (χ3n) is 2.07. The predicted molar refractivity (Wildman–Crippen MR) is 61.0 cm³/mol. The van der Waals surface area contributed by atoms with Crippen LogP contribution in [0.5, 0.6) is 5.75 Å². The smallest absolute Gasteiger partial charge is 0.141 e. The van der Waals surface area contributed by atoms with Crippen LogP contribution in [0.15, 0.2) is 42.5 Å². The van der Waals surface area contributed by atoms with Gasteiger partial charge in [0.15, 0.2) is 0 Å². The second-order valence-electron chi connectivity index (χ2n) is 3.28. The van der Waals surface area contributed by atoms with Crippen molar-refractivity contribution in [3.8, 4) is 5.75 Å². The van der Waals surface area contributed by atoms with Gasteiger partial charge < -0.3 is 4.74 Å². The highest BCUT2D eigenvalue weighted by atomic mass is 35.5. The van der Waals surface area contributed by atoms with E-state index in [1.165, 1.54) is 6.07 Å². The zero-order valence-corrected chi connectivity index (χ0v) is 9.17. The number of halogens is 2. The normalized spacial score (nSPS) is 10.1. The lowest BCUT2D eigenvalue weighted by Crippen LogP contribution is -1.95. The molecule has 0 N–H and O–H groups in total. The number of hydrogen-bond donors (Lipinski definition) is 0. The molecule has 0 bridgehead atoms. The van der Waals surface area contributed by atoms with Crippen LogP contribution in [0.3, 0.4) is 0 Å². The van der Waals surface area contributed by atoms with Crippen molar-refractivity contribution >= 4 is 11.6 Å². The molecule has 1 nitrogen and oxygen atoms in total. The van der Waals surface area contributed by atoms with Gasteiger partial charge in [-0.25, -0.2) is 4.39 Å². The summed E-state index contributed by atoms with van der Waals surface area (Å²) in [5.41, 5.74) is 0.829. The molecule has 0 aliphatic carbocycles. The van der Waals surface area contributed by atoms with Crippen molar-refractivity contribution in [2.45, 2.75) is 6.61 Å². The van der Waals surface area contributed by atoms with Crippen molar-refractivity contribution < 1.29 is 9.13 Å². The van der Waals surface area contributed by atoms with E-state index in [1.807, 2.05) is 12.1 Å². The van der Waals surface area contributed by atoms with Crippen molar-refractivity contribution in [2.24, 2.45) is 0 Å². The third kappa shape index (κ3) is 2.74. The van der Waals surface area contributed by atoms with Gasteiger partial charge in [-0.15, -0.1) is 0 Å². The van der Waals surface area contributed by atoms with Crippen LogP contribution in [0.1, 0.15) is 5.56 Å². The first kappa shape index (κ1) is 11.0. The maximum absolute atomic E-state index is 12.9. The molecule has 0 atom stereocenters. The standard InChI is InChI=1S/C13H9ClFO/c14-12-8-10(6-7-13(12)15)9-16-11-4-2-1-3-5-11/h1-2,4-8H,9H2. The molecule has 2 aromatic carbocycles. The molecule has 0 saturated heterocycles. The Morgan fingerprint density at radius 1 is 1.31 bits per heavy atom. The molecule has 0 aromatic heterocycles. The summed E-state index contributed by atoms with van der Waals surface area (Å²) < 4.78 is 18.4. The summed E-state index contributed by atoms with van der Waals surface area (Å²) in [5, 5.41) is 0.112. The topological polar surface area (TPSA) is 9.23 Å². The van der Waals surface area contributed by atoms with E-state index in [4.69, 9.17) is 16.3 Å². The second kappa shape index (κ2) is 4.99. The van der Waals surface area contributed by atoms with Crippen LogP contribution in [-0.2, 0) is 6.61 Å². The highest BCUT2D eigenvalue weighted by Crippen LogP contribution is 2.17. The van der Waals surface area contributed by atoms with E-state index in [1.54, 1.807) is 24.3 Å². The maximum Gasteiger partial charge on any atom is 0.141 e. The first-order chi connectivity index (χ1) is 7.75. The molecular weight excluding hydrogens is 227 g/mol. The lowest BCUT2D eigenvalue weighted by molar-refractivity contribution is 0.306. The fourth-order valence-corrected chi connectivity index (χ4v) is 1.47. The molecule has 1 radical (unpaired) electrons. The molecular formula is C13H9ClFO. The Hall–Kier alpha value is -1.54. The van der Waals surface area contributed by atoms with Crippen LogP contribution in [-0.4, -0.2) is 0 Å². The van der Waals surface area contributed by atoms with E-state index < -0.39 is 5.82 Å². The summed E-state index contributed by atoms with van der Waals surface area (Å²) in [4.78, 5) is 0. The van der Waals surface area contributed by atoms with Crippen molar-refractivity contribution in [1.29, 1.82) is 0 Å². The molecule has 0 saturated carbocycles. The van der Waals surface area contributed by atoms with Crippen LogP contribution < -0.4 is 4.74 Å². The van der Waals surface area contributed by atoms with E-state index in [-0.39, 0.29) is 5.02 Å². The molecule has 0 amide bonds. The fourth-order valence-electron chi connectivity index (χ4n) is 1.26. The Morgan fingerprint density at radius 2 is 2.19 bits per heavy atom. The maximum atomic E-state index is 12.9. The monoisotopic (exact) mass is 235 g/mol. The molecule has 16 heavy (non-hydrogen) atoms. The third-order valence-corrected chi connectivity index (χ3v) is 2.36. The van der Waals surface area contributed by atoms with Crippen LogP contribution in [0, 0.1) is 11.9 Å². The molecule has 3 heteroatoms. The van der Waals surface area contributed by atoms with Crippen molar-refractivity contribution in [2.75, 3.05) is 0 Å². The van der Waals surface area contributed by atoms with Gasteiger partial charge in [-0.05, 0) is 35.9 Å². The van der Waals surface area contributed by atoms with Gasteiger partial charge in [-0.3, -0.25) is 0 Å². The Balaban J connectivity index is 2.03. The van der Waals surface area contributed by atoms with Crippen LogP contribution in [0.4, 0.5) is 4.39 Å². The van der Waals surface area contributed by atoms with Crippen molar-refractivity contribution in [3.63, 3.8) is 0 Å².